The van der Waals surface area contributed by atoms with Gasteiger partial charge in [0, 0.05) is 26.2 Å². The minimum Gasteiger partial charge on any atom is -0.497 e. The van der Waals surface area contributed by atoms with Gasteiger partial charge in [0.25, 0.3) is 5.91 Å². The van der Waals surface area contributed by atoms with Crippen LogP contribution in [0, 0.1) is 13.8 Å². The van der Waals surface area contributed by atoms with Crippen LogP contribution in [0.3, 0.4) is 0 Å². The van der Waals surface area contributed by atoms with Crippen LogP contribution in [-0.4, -0.2) is 62.2 Å². The van der Waals surface area contributed by atoms with Crippen molar-refractivity contribution >= 4 is 16.9 Å². The van der Waals surface area contributed by atoms with Gasteiger partial charge in [-0.2, -0.15) is 0 Å². The van der Waals surface area contributed by atoms with Crippen molar-refractivity contribution in [2.75, 3.05) is 46.5 Å². The smallest absolute Gasteiger partial charge is 0.290 e. The summed E-state index contributed by atoms with van der Waals surface area (Å²) >= 11 is 0. The summed E-state index contributed by atoms with van der Waals surface area (Å²) in [5.41, 5.74) is 3.63. The zero-order valence-electron chi connectivity index (χ0n) is 19.2. The molecular weight excluding hydrogens is 420 g/mol. The predicted octanol–water partition coefficient (Wildman–Crippen LogP) is 3.30. The van der Waals surface area contributed by atoms with Crippen molar-refractivity contribution < 1.29 is 18.7 Å². The molecule has 1 saturated heterocycles. The van der Waals surface area contributed by atoms with Crippen molar-refractivity contribution in [1.29, 1.82) is 0 Å². The number of ether oxygens (including phenoxy) is 2. The number of hydrogen-bond acceptors (Lipinski definition) is 6. The van der Waals surface area contributed by atoms with Crippen LogP contribution in [0.15, 0.2) is 45.6 Å². The van der Waals surface area contributed by atoms with E-state index in [2.05, 4.69) is 4.90 Å². The summed E-state index contributed by atoms with van der Waals surface area (Å²) in [5, 5.41) is 0.512. The van der Waals surface area contributed by atoms with Gasteiger partial charge in [0.2, 0.25) is 5.76 Å². The molecule has 7 heteroatoms. The van der Waals surface area contributed by atoms with E-state index in [0.717, 1.165) is 35.5 Å². The maximum atomic E-state index is 13.7. The summed E-state index contributed by atoms with van der Waals surface area (Å²) in [6, 6.07) is 10.8. The maximum Gasteiger partial charge on any atom is 0.290 e. The Labute approximate surface area is 192 Å². The zero-order valence-corrected chi connectivity index (χ0v) is 19.2. The third-order valence-corrected chi connectivity index (χ3v) is 6.77. The van der Waals surface area contributed by atoms with Crippen LogP contribution in [0.1, 0.15) is 38.9 Å². The fraction of sp³-hybridized carbons (Fsp3) is 0.385. The number of rotatable bonds is 5. The molecule has 0 spiro atoms. The van der Waals surface area contributed by atoms with Gasteiger partial charge < -0.3 is 18.8 Å². The van der Waals surface area contributed by atoms with E-state index in [4.69, 9.17) is 13.9 Å². The molecule has 0 aliphatic carbocycles. The number of fused-ring (bicyclic) bond motifs is 2. The van der Waals surface area contributed by atoms with Gasteiger partial charge in [0.05, 0.1) is 37.3 Å². The van der Waals surface area contributed by atoms with Crippen LogP contribution in [0.2, 0.25) is 0 Å². The standard InChI is InChI=1S/C26H28N2O5/c1-16-14-20-21(15-17(16)2)33-25-22(24(20)29)23(18-4-6-19(31-3)7-5-18)28(26(25)30)9-8-27-10-12-32-13-11-27/h4-7,14-15,23H,8-13H2,1-3H3. The second-order valence-electron chi connectivity index (χ2n) is 8.73. The van der Waals surface area contributed by atoms with Gasteiger partial charge in [0.15, 0.2) is 5.43 Å². The minimum atomic E-state index is -0.498. The Kier molecular flexibility index (Phi) is 5.68. The van der Waals surface area contributed by atoms with Gasteiger partial charge in [-0.1, -0.05) is 12.1 Å². The molecular formula is C26H28N2O5. The van der Waals surface area contributed by atoms with Crippen molar-refractivity contribution in [3.05, 3.63) is 74.6 Å². The first-order valence-electron chi connectivity index (χ1n) is 11.3. The summed E-state index contributed by atoms with van der Waals surface area (Å²) in [6.45, 7) is 8.21. The molecule has 0 radical (unpaired) electrons. The molecule has 2 aromatic carbocycles. The highest BCUT2D eigenvalue weighted by Crippen LogP contribution is 2.38. The average Bonchev–Trinajstić information content (AvgIpc) is 3.11. The topological polar surface area (TPSA) is 72.2 Å². The van der Waals surface area contributed by atoms with Gasteiger partial charge in [-0.3, -0.25) is 14.5 Å². The van der Waals surface area contributed by atoms with Crippen LogP contribution >= 0.6 is 0 Å². The van der Waals surface area contributed by atoms with E-state index < -0.39 is 6.04 Å². The first-order valence-corrected chi connectivity index (χ1v) is 11.3. The van der Waals surface area contributed by atoms with Gasteiger partial charge in [-0.25, -0.2) is 0 Å². The van der Waals surface area contributed by atoms with Gasteiger partial charge >= 0.3 is 0 Å². The molecule has 0 bridgehead atoms. The number of amides is 1. The van der Waals surface area contributed by atoms with Crippen LogP contribution in [0.4, 0.5) is 0 Å². The van der Waals surface area contributed by atoms with Crippen LogP contribution in [-0.2, 0) is 4.74 Å². The second kappa shape index (κ2) is 8.65. The van der Waals surface area contributed by atoms with Crippen molar-refractivity contribution in [2.45, 2.75) is 19.9 Å². The van der Waals surface area contributed by atoms with E-state index in [9.17, 15) is 9.59 Å². The molecule has 2 aliphatic heterocycles. The molecule has 172 valence electrons. The Morgan fingerprint density at radius 1 is 1.00 bits per heavy atom. The highest BCUT2D eigenvalue weighted by Gasteiger charge is 2.42. The fourth-order valence-electron chi connectivity index (χ4n) is 4.71. The Hall–Kier alpha value is -3.16. The molecule has 3 aromatic rings. The number of benzene rings is 2. The van der Waals surface area contributed by atoms with Gasteiger partial charge in [-0.15, -0.1) is 0 Å². The van der Waals surface area contributed by atoms with E-state index in [0.29, 0.717) is 42.8 Å². The normalized spacial score (nSPS) is 18.7. The van der Waals surface area contributed by atoms with E-state index in [-0.39, 0.29) is 17.1 Å². The highest BCUT2D eigenvalue weighted by molar-refractivity contribution is 5.99. The van der Waals surface area contributed by atoms with Gasteiger partial charge in [-0.05, 0) is 54.8 Å². The third-order valence-electron chi connectivity index (χ3n) is 6.77. The largest absolute Gasteiger partial charge is 0.497 e. The Morgan fingerprint density at radius 2 is 1.70 bits per heavy atom. The monoisotopic (exact) mass is 448 g/mol. The van der Waals surface area contributed by atoms with E-state index in [1.807, 2.05) is 50.2 Å². The molecule has 3 heterocycles. The Balaban J connectivity index is 1.61. The molecule has 1 fully saturated rings. The second-order valence-corrected chi connectivity index (χ2v) is 8.73. The summed E-state index contributed by atoms with van der Waals surface area (Å²) in [6.07, 6.45) is 0. The lowest BCUT2D eigenvalue weighted by molar-refractivity contribution is 0.0314. The molecule has 1 atom stereocenters. The molecule has 0 N–H and O–H groups in total. The molecule has 0 saturated carbocycles. The SMILES string of the molecule is COc1ccc(C2c3c(oc4cc(C)c(C)cc4c3=O)C(=O)N2CCN2CCOCC2)cc1. The van der Waals surface area contributed by atoms with Crippen molar-refractivity contribution in [2.24, 2.45) is 0 Å². The fourth-order valence-corrected chi connectivity index (χ4v) is 4.71. The average molecular weight is 449 g/mol. The molecule has 1 aromatic heterocycles. The van der Waals surface area contributed by atoms with Crippen LogP contribution in [0.5, 0.6) is 5.75 Å². The lowest BCUT2D eigenvalue weighted by atomic mass is 9.97. The summed E-state index contributed by atoms with van der Waals surface area (Å²) < 4.78 is 16.8. The number of carbonyl (C=O) groups excluding carboxylic acids is 1. The predicted molar refractivity (Wildman–Crippen MR) is 125 cm³/mol. The first-order chi connectivity index (χ1) is 16.0. The van der Waals surface area contributed by atoms with Crippen molar-refractivity contribution in [3.63, 3.8) is 0 Å². The zero-order chi connectivity index (χ0) is 23.1. The third kappa shape index (κ3) is 3.81. The van der Waals surface area contributed by atoms with Crippen molar-refractivity contribution in [3.8, 4) is 5.75 Å². The number of hydrogen-bond donors (Lipinski definition) is 0. The number of methoxy groups -OCH3 is 1. The van der Waals surface area contributed by atoms with E-state index in [1.54, 1.807) is 12.0 Å². The van der Waals surface area contributed by atoms with Crippen LogP contribution < -0.4 is 10.2 Å². The number of carbonyl (C=O) groups is 1. The molecule has 5 rings (SSSR count). The van der Waals surface area contributed by atoms with E-state index in [1.165, 1.54) is 0 Å². The molecule has 7 nitrogen and oxygen atoms in total. The molecule has 2 aliphatic rings. The van der Waals surface area contributed by atoms with Gasteiger partial charge in [0.1, 0.15) is 11.3 Å². The highest BCUT2D eigenvalue weighted by atomic mass is 16.5. The summed E-state index contributed by atoms with van der Waals surface area (Å²) in [5.74, 6) is 0.634. The minimum absolute atomic E-state index is 0.141. The summed E-state index contributed by atoms with van der Waals surface area (Å²) in [7, 11) is 1.61. The Bertz CT molecular complexity index is 1260. The van der Waals surface area contributed by atoms with Crippen molar-refractivity contribution in [1.82, 2.24) is 9.80 Å². The number of morpholine rings is 1. The maximum absolute atomic E-state index is 13.7. The quantitative estimate of drug-likeness (QED) is 0.597. The lowest BCUT2D eigenvalue weighted by Crippen LogP contribution is -2.42. The first kappa shape index (κ1) is 21.7. The number of nitrogens with zero attached hydrogens (tertiary/aromatic N) is 2. The molecule has 1 unspecified atom stereocenters. The molecule has 1 amide bonds. The molecule has 33 heavy (non-hydrogen) atoms. The Morgan fingerprint density at radius 3 is 2.39 bits per heavy atom. The summed E-state index contributed by atoms with van der Waals surface area (Å²) in [4.78, 5) is 31.3. The lowest BCUT2D eigenvalue weighted by Gasteiger charge is -2.31. The van der Waals surface area contributed by atoms with E-state index >= 15 is 0 Å². The number of aryl methyl sites for hydroxylation is 2. The van der Waals surface area contributed by atoms with Crippen LogP contribution in [0.25, 0.3) is 11.0 Å².